The second-order valence-corrected chi connectivity index (χ2v) is 9.02. The lowest BCUT2D eigenvalue weighted by Crippen LogP contribution is -2.36. The van der Waals surface area contributed by atoms with Crippen LogP contribution >= 0.6 is 11.8 Å². The van der Waals surface area contributed by atoms with Gasteiger partial charge in [0.2, 0.25) is 11.8 Å². The minimum absolute atomic E-state index is 0.0209. The summed E-state index contributed by atoms with van der Waals surface area (Å²) in [6, 6.07) is 9.21. The molecule has 2 rings (SSSR count). The highest BCUT2D eigenvalue weighted by Crippen LogP contribution is 2.36. The van der Waals surface area contributed by atoms with Gasteiger partial charge in [-0.3, -0.25) is 19.3 Å². The zero-order valence-electron chi connectivity index (χ0n) is 18.7. The quantitative estimate of drug-likeness (QED) is 0.433. The van der Waals surface area contributed by atoms with Gasteiger partial charge in [-0.05, 0) is 45.1 Å². The van der Waals surface area contributed by atoms with E-state index in [-0.39, 0.29) is 28.9 Å². The van der Waals surface area contributed by atoms with Gasteiger partial charge < -0.3 is 20.6 Å². The van der Waals surface area contributed by atoms with Gasteiger partial charge in [0.1, 0.15) is 5.92 Å². The first-order valence-electron chi connectivity index (χ1n) is 10.7. The number of hydrogen-bond acceptors (Lipinski definition) is 7. The number of benzene rings is 1. The molecule has 1 aliphatic rings. The highest BCUT2D eigenvalue weighted by Gasteiger charge is 2.40. The maximum atomic E-state index is 12.7. The van der Waals surface area contributed by atoms with E-state index in [1.807, 2.05) is 50.1 Å². The molecule has 0 bridgehead atoms. The summed E-state index contributed by atoms with van der Waals surface area (Å²) in [6.45, 7) is 5.97. The number of nitrogens with one attached hydrogen (secondary N) is 2. The Bertz CT molecular complexity index is 859. The smallest absolute Gasteiger partial charge is 0.321 e. The van der Waals surface area contributed by atoms with E-state index in [0.29, 0.717) is 31.7 Å². The second kappa shape index (κ2) is 12.3. The Labute approximate surface area is 193 Å². The van der Waals surface area contributed by atoms with Gasteiger partial charge >= 0.3 is 5.97 Å². The number of carboxylic acids is 1. The van der Waals surface area contributed by atoms with Crippen molar-refractivity contribution in [2.45, 2.75) is 37.3 Å². The maximum Gasteiger partial charge on any atom is 0.321 e. The van der Waals surface area contributed by atoms with Gasteiger partial charge in [-0.15, -0.1) is 11.8 Å². The summed E-state index contributed by atoms with van der Waals surface area (Å²) >= 11 is 1.43. The van der Waals surface area contributed by atoms with Crippen LogP contribution in [0.15, 0.2) is 24.3 Å². The molecule has 0 aliphatic carbocycles. The van der Waals surface area contributed by atoms with E-state index >= 15 is 0 Å². The molecule has 174 valence electrons. The summed E-state index contributed by atoms with van der Waals surface area (Å²) in [6.07, 6.45) is 0.688. The number of thioether (sulfide) groups is 1. The number of aliphatic carboxylic acids is 1. The minimum Gasteiger partial charge on any atom is -0.480 e. The van der Waals surface area contributed by atoms with Crippen molar-refractivity contribution in [2.24, 2.45) is 5.92 Å². The van der Waals surface area contributed by atoms with Crippen LogP contribution in [0.25, 0.3) is 0 Å². The standard InChI is InChI=1S/C22H31N5O4S/c1-4-26(3)14-19(28)25-17-8-6-7-16(12-17)24-10-9-18-21(29)27(5-2)20(32-18)11-15(13-23)22(30)31/h6-8,12,15,18,20,24H,4-5,9-11,14H2,1-3H3,(H,25,28)(H,30,31). The van der Waals surface area contributed by atoms with Gasteiger partial charge in [0.15, 0.2) is 0 Å². The molecular weight excluding hydrogens is 430 g/mol. The van der Waals surface area contributed by atoms with Crippen molar-refractivity contribution in [2.75, 3.05) is 43.9 Å². The highest BCUT2D eigenvalue weighted by atomic mass is 32.2. The normalized spacial score (nSPS) is 19.0. The molecule has 1 heterocycles. The number of nitrogens with zero attached hydrogens (tertiary/aromatic N) is 3. The molecule has 9 nitrogen and oxygen atoms in total. The van der Waals surface area contributed by atoms with E-state index in [0.717, 1.165) is 12.2 Å². The third kappa shape index (κ3) is 7.14. The summed E-state index contributed by atoms with van der Waals surface area (Å²) in [4.78, 5) is 39.6. The van der Waals surface area contributed by atoms with Crippen molar-refractivity contribution in [1.29, 1.82) is 5.26 Å². The summed E-state index contributed by atoms with van der Waals surface area (Å²) in [5, 5.41) is 23.8. The van der Waals surface area contributed by atoms with Gasteiger partial charge in [0.05, 0.1) is 23.2 Å². The number of carboxylic acid groups (broad SMARTS) is 1. The number of likely N-dealkylation sites (N-methyl/N-ethyl adjacent to an activating group) is 1. The molecule has 0 spiro atoms. The average Bonchev–Trinajstić information content (AvgIpc) is 3.05. The molecule has 0 saturated carbocycles. The minimum atomic E-state index is -1.16. The number of nitriles is 1. The predicted molar refractivity (Wildman–Crippen MR) is 125 cm³/mol. The van der Waals surface area contributed by atoms with Crippen LogP contribution in [0.4, 0.5) is 11.4 Å². The molecule has 0 radical (unpaired) electrons. The van der Waals surface area contributed by atoms with Crippen LogP contribution in [-0.2, 0) is 14.4 Å². The zero-order chi connectivity index (χ0) is 23.7. The molecular formula is C22H31N5O4S. The van der Waals surface area contributed by atoms with Crippen molar-refractivity contribution in [3.05, 3.63) is 24.3 Å². The maximum absolute atomic E-state index is 12.7. The van der Waals surface area contributed by atoms with Crippen LogP contribution in [0.2, 0.25) is 0 Å². The molecule has 3 atom stereocenters. The van der Waals surface area contributed by atoms with Gasteiger partial charge in [-0.2, -0.15) is 5.26 Å². The molecule has 32 heavy (non-hydrogen) atoms. The van der Waals surface area contributed by atoms with Crippen molar-refractivity contribution < 1.29 is 19.5 Å². The monoisotopic (exact) mass is 461 g/mol. The van der Waals surface area contributed by atoms with Gasteiger partial charge in [0, 0.05) is 30.9 Å². The molecule has 1 saturated heterocycles. The molecule has 1 aromatic carbocycles. The van der Waals surface area contributed by atoms with E-state index in [4.69, 9.17) is 10.4 Å². The van der Waals surface area contributed by atoms with Crippen LogP contribution in [0.3, 0.4) is 0 Å². The number of anilines is 2. The SMILES string of the molecule is CCN(C)CC(=O)Nc1cccc(NCCC2SC(CC(C#N)C(=O)O)N(CC)C2=O)c1. The van der Waals surface area contributed by atoms with Crippen molar-refractivity contribution in [3.8, 4) is 6.07 Å². The number of carbonyl (C=O) groups excluding carboxylic acids is 2. The molecule has 10 heteroatoms. The van der Waals surface area contributed by atoms with Crippen LogP contribution in [0.5, 0.6) is 0 Å². The van der Waals surface area contributed by atoms with Gasteiger partial charge in [-0.1, -0.05) is 13.0 Å². The Morgan fingerprint density at radius 2 is 2.06 bits per heavy atom. The number of carbonyl (C=O) groups is 3. The summed E-state index contributed by atoms with van der Waals surface area (Å²) in [5.74, 6) is -2.38. The van der Waals surface area contributed by atoms with Crippen LogP contribution in [0, 0.1) is 17.2 Å². The third-order valence-electron chi connectivity index (χ3n) is 5.29. The van der Waals surface area contributed by atoms with E-state index in [1.165, 1.54) is 11.8 Å². The van der Waals surface area contributed by atoms with Crippen molar-refractivity contribution in [3.63, 3.8) is 0 Å². The molecule has 1 aromatic rings. The summed E-state index contributed by atoms with van der Waals surface area (Å²) in [5.41, 5.74) is 1.53. The average molecular weight is 462 g/mol. The first kappa shape index (κ1) is 25.5. The van der Waals surface area contributed by atoms with Crippen LogP contribution in [0.1, 0.15) is 26.7 Å². The Hall–Kier alpha value is -2.77. The first-order chi connectivity index (χ1) is 15.3. The lowest BCUT2D eigenvalue weighted by Gasteiger charge is -2.22. The van der Waals surface area contributed by atoms with Gasteiger partial charge in [-0.25, -0.2) is 0 Å². The topological polar surface area (TPSA) is 126 Å². The fourth-order valence-corrected chi connectivity index (χ4v) is 4.99. The van der Waals surface area contributed by atoms with E-state index in [9.17, 15) is 14.4 Å². The Kier molecular flexibility index (Phi) is 9.81. The molecule has 3 unspecified atom stereocenters. The fraction of sp³-hybridized carbons (Fsp3) is 0.545. The molecule has 2 amide bonds. The van der Waals surface area contributed by atoms with Crippen molar-refractivity contribution in [1.82, 2.24) is 9.80 Å². The third-order valence-corrected chi connectivity index (χ3v) is 6.82. The molecule has 3 N–H and O–H groups in total. The Balaban J connectivity index is 1.89. The molecule has 1 aliphatic heterocycles. The molecule has 1 fully saturated rings. The molecule has 0 aromatic heterocycles. The number of rotatable bonds is 12. The lowest BCUT2D eigenvalue weighted by molar-refractivity contribution is -0.141. The fourth-order valence-electron chi connectivity index (χ4n) is 3.40. The number of hydrogen-bond donors (Lipinski definition) is 3. The second-order valence-electron chi connectivity index (χ2n) is 7.63. The lowest BCUT2D eigenvalue weighted by atomic mass is 10.1. The predicted octanol–water partition coefficient (Wildman–Crippen LogP) is 2.28. The Morgan fingerprint density at radius 1 is 1.34 bits per heavy atom. The van der Waals surface area contributed by atoms with Crippen molar-refractivity contribution >= 4 is 40.9 Å². The largest absolute Gasteiger partial charge is 0.480 e. The first-order valence-corrected chi connectivity index (χ1v) is 11.6. The Morgan fingerprint density at radius 3 is 2.69 bits per heavy atom. The number of amides is 2. The van der Waals surface area contributed by atoms with Crippen LogP contribution in [-0.4, -0.2) is 76.5 Å². The zero-order valence-corrected chi connectivity index (χ0v) is 19.5. The summed E-state index contributed by atoms with van der Waals surface area (Å²) < 4.78 is 0. The highest BCUT2D eigenvalue weighted by molar-refractivity contribution is 8.01. The van der Waals surface area contributed by atoms with E-state index in [1.54, 1.807) is 11.0 Å². The summed E-state index contributed by atoms with van der Waals surface area (Å²) in [7, 11) is 1.88. The van der Waals surface area contributed by atoms with E-state index in [2.05, 4.69) is 10.6 Å². The van der Waals surface area contributed by atoms with Gasteiger partial charge in [0.25, 0.3) is 0 Å². The van der Waals surface area contributed by atoms with E-state index < -0.39 is 11.9 Å². The van der Waals surface area contributed by atoms with Crippen LogP contribution < -0.4 is 10.6 Å².